The maximum atomic E-state index is 12.6. The van der Waals surface area contributed by atoms with Crippen molar-refractivity contribution in [2.75, 3.05) is 17.1 Å². The Balaban J connectivity index is 1.80. The van der Waals surface area contributed by atoms with E-state index >= 15 is 0 Å². The summed E-state index contributed by atoms with van der Waals surface area (Å²) >= 11 is 0. The maximum absolute atomic E-state index is 12.6. The average molecular weight is 481 g/mol. The van der Waals surface area contributed by atoms with Crippen molar-refractivity contribution in [3.05, 3.63) is 81.7 Å². The molecule has 0 aliphatic rings. The number of aryl methyl sites for hydroxylation is 5. The fourth-order valence-electron chi connectivity index (χ4n) is 4.13. The van der Waals surface area contributed by atoms with E-state index in [4.69, 9.17) is 0 Å². The first-order valence-electron chi connectivity index (χ1n) is 11.0. The molecule has 0 fully saturated rings. The van der Waals surface area contributed by atoms with Gasteiger partial charge in [0.25, 0.3) is 5.91 Å². The highest BCUT2D eigenvalue weighted by Crippen LogP contribution is 2.26. The number of nitrogens with zero attached hydrogens (tertiary/aromatic N) is 3. The van der Waals surface area contributed by atoms with E-state index in [1.807, 2.05) is 52.0 Å². The second-order valence-electron chi connectivity index (χ2n) is 8.76. The zero-order valence-corrected chi connectivity index (χ0v) is 21.6. The van der Waals surface area contributed by atoms with Crippen molar-refractivity contribution < 1.29 is 13.2 Å². The number of amides is 1. The zero-order valence-electron chi connectivity index (χ0n) is 20.8. The molecular weight excluding hydrogens is 448 g/mol. The van der Waals surface area contributed by atoms with Crippen LogP contribution in [0.5, 0.6) is 0 Å². The van der Waals surface area contributed by atoms with Crippen LogP contribution >= 0.6 is 0 Å². The van der Waals surface area contributed by atoms with Gasteiger partial charge in [-0.2, -0.15) is 5.10 Å². The van der Waals surface area contributed by atoms with Crippen LogP contribution in [0, 0.1) is 41.5 Å². The van der Waals surface area contributed by atoms with Crippen molar-refractivity contribution in [1.82, 2.24) is 9.99 Å². The van der Waals surface area contributed by atoms with Gasteiger partial charge in [0.2, 0.25) is 10.0 Å². The highest BCUT2D eigenvalue weighted by atomic mass is 32.2. The molecule has 3 aromatic rings. The Morgan fingerprint density at radius 2 is 1.65 bits per heavy atom. The fourth-order valence-corrected chi connectivity index (χ4v) is 5.04. The molecular formula is C26H32N4O3S. The number of hydrazone groups is 1. The largest absolute Gasteiger partial charge is 0.317 e. The predicted octanol–water partition coefficient (Wildman–Crippen LogP) is 4.24. The number of hydrogen-bond acceptors (Lipinski definition) is 4. The Labute approximate surface area is 202 Å². The Hall–Kier alpha value is -3.39. The highest BCUT2D eigenvalue weighted by Gasteiger charge is 2.22. The molecule has 8 heteroatoms. The molecule has 34 heavy (non-hydrogen) atoms. The second-order valence-corrected chi connectivity index (χ2v) is 10.7. The lowest BCUT2D eigenvalue weighted by atomic mass is 10.1. The van der Waals surface area contributed by atoms with Gasteiger partial charge in [0.1, 0.15) is 6.54 Å². The van der Waals surface area contributed by atoms with Crippen molar-refractivity contribution >= 4 is 27.8 Å². The summed E-state index contributed by atoms with van der Waals surface area (Å²) in [6.07, 6.45) is 2.68. The minimum atomic E-state index is -3.66. The summed E-state index contributed by atoms with van der Waals surface area (Å²) < 4.78 is 28.1. The number of anilines is 1. The van der Waals surface area contributed by atoms with Gasteiger partial charge in [-0.15, -0.1) is 0 Å². The standard InChI is InChI=1S/C26H32N4O3S/c1-17-11-12-18(2)24(13-17)29(34(7,32)33)16-25(31)28-27-15-23-14-21(5)30(22(23)6)26-19(3)9-8-10-20(26)4/h8-15H,16H2,1-7H3,(H,28,31)/b27-15-. The number of nitrogens with one attached hydrogen (secondary N) is 1. The number of hydrogen-bond donors (Lipinski definition) is 1. The van der Waals surface area contributed by atoms with Crippen molar-refractivity contribution in [2.45, 2.75) is 41.5 Å². The van der Waals surface area contributed by atoms with Crippen molar-refractivity contribution in [1.29, 1.82) is 0 Å². The van der Waals surface area contributed by atoms with Gasteiger partial charge in [-0.1, -0.05) is 30.3 Å². The van der Waals surface area contributed by atoms with Crippen LogP contribution < -0.4 is 9.73 Å². The Morgan fingerprint density at radius 1 is 1.00 bits per heavy atom. The molecule has 1 amide bonds. The lowest BCUT2D eigenvalue weighted by Gasteiger charge is -2.23. The fraction of sp³-hybridized carbons (Fsp3) is 0.308. The number of para-hydroxylation sites is 1. The minimum absolute atomic E-state index is 0.359. The average Bonchev–Trinajstić information content (AvgIpc) is 3.01. The predicted molar refractivity (Wildman–Crippen MR) is 139 cm³/mol. The van der Waals surface area contributed by atoms with E-state index in [0.29, 0.717) is 5.69 Å². The molecule has 1 heterocycles. The third kappa shape index (κ3) is 5.39. The molecule has 0 aliphatic heterocycles. The Bertz CT molecular complexity index is 1350. The monoisotopic (exact) mass is 480 g/mol. The third-order valence-corrected chi connectivity index (χ3v) is 6.97. The Kier molecular flexibility index (Phi) is 7.31. The molecule has 0 saturated carbocycles. The maximum Gasteiger partial charge on any atom is 0.260 e. The summed E-state index contributed by atoms with van der Waals surface area (Å²) in [5.41, 5.74) is 11.0. The number of benzene rings is 2. The summed E-state index contributed by atoms with van der Waals surface area (Å²) in [7, 11) is -3.66. The van der Waals surface area contributed by atoms with Crippen LogP contribution in [0.2, 0.25) is 0 Å². The molecule has 3 rings (SSSR count). The van der Waals surface area contributed by atoms with E-state index in [2.05, 4.69) is 41.1 Å². The lowest BCUT2D eigenvalue weighted by Crippen LogP contribution is -2.39. The first-order valence-corrected chi connectivity index (χ1v) is 12.9. The summed E-state index contributed by atoms with van der Waals surface area (Å²) in [5, 5.41) is 4.10. The number of carbonyl (C=O) groups excluding carboxylic acids is 1. The van der Waals surface area contributed by atoms with Crippen molar-refractivity contribution in [3.8, 4) is 5.69 Å². The van der Waals surface area contributed by atoms with Gasteiger partial charge in [-0.05, 0) is 75.9 Å². The van der Waals surface area contributed by atoms with E-state index in [0.717, 1.165) is 44.3 Å². The molecule has 0 aliphatic carbocycles. The van der Waals surface area contributed by atoms with Crippen LogP contribution in [0.4, 0.5) is 5.69 Å². The minimum Gasteiger partial charge on any atom is -0.317 e. The Morgan fingerprint density at radius 3 is 2.26 bits per heavy atom. The van der Waals surface area contributed by atoms with Crippen LogP contribution in [0.1, 0.15) is 39.2 Å². The molecule has 0 unspecified atom stereocenters. The van der Waals surface area contributed by atoms with Gasteiger partial charge in [-0.3, -0.25) is 9.10 Å². The van der Waals surface area contributed by atoms with Crippen LogP contribution in [0.15, 0.2) is 47.6 Å². The second kappa shape index (κ2) is 9.85. The molecule has 0 bridgehead atoms. The molecule has 1 N–H and O–H groups in total. The highest BCUT2D eigenvalue weighted by molar-refractivity contribution is 7.92. The molecule has 0 saturated heterocycles. The SMILES string of the molecule is Cc1ccc(C)c(N(CC(=O)N/N=C\c2cc(C)n(-c3c(C)cccc3C)c2C)S(C)(=O)=O)c1. The molecule has 0 atom stereocenters. The van der Waals surface area contributed by atoms with E-state index < -0.39 is 15.9 Å². The quantitative estimate of drug-likeness (QED) is 0.405. The first-order chi connectivity index (χ1) is 15.9. The van der Waals surface area contributed by atoms with Gasteiger partial charge >= 0.3 is 0 Å². The summed E-state index contributed by atoms with van der Waals surface area (Å²) in [6, 6.07) is 13.7. The molecule has 2 aromatic carbocycles. The van der Waals surface area contributed by atoms with Crippen molar-refractivity contribution in [3.63, 3.8) is 0 Å². The van der Waals surface area contributed by atoms with Gasteiger partial charge in [0.15, 0.2) is 0 Å². The van der Waals surface area contributed by atoms with Gasteiger partial charge in [-0.25, -0.2) is 13.8 Å². The number of rotatable bonds is 7. The van der Waals surface area contributed by atoms with Crippen LogP contribution in [-0.4, -0.2) is 37.9 Å². The van der Waals surface area contributed by atoms with Crippen molar-refractivity contribution in [2.24, 2.45) is 5.10 Å². The van der Waals surface area contributed by atoms with Crippen LogP contribution in [-0.2, 0) is 14.8 Å². The van der Waals surface area contributed by atoms with E-state index in [1.54, 1.807) is 12.3 Å². The van der Waals surface area contributed by atoms with Gasteiger partial charge < -0.3 is 4.57 Å². The number of aromatic nitrogens is 1. The van der Waals surface area contributed by atoms with E-state index in [-0.39, 0.29) is 6.54 Å². The smallest absolute Gasteiger partial charge is 0.260 e. The number of sulfonamides is 1. The summed E-state index contributed by atoms with van der Waals surface area (Å²) in [4.78, 5) is 12.6. The van der Waals surface area contributed by atoms with Gasteiger partial charge in [0, 0.05) is 17.0 Å². The first kappa shape index (κ1) is 25.2. The van der Waals surface area contributed by atoms with Gasteiger partial charge in [0.05, 0.1) is 23.8 Å². The van der Waals surface area contributed by atoms with E-state index in [9.17, 15) is 13.2 Å². The van der Waals surface area contributed by atoms with Crippen LogP contribution in [0.3, 0.4) is 0 Å². The molecule has 0 spiro atoms. The topological polar surface area (TPSA) is 83.8 Å². The molecule has 1 aromatic heterocycles. The number of carbonyl (C=O) groups is 1. The third-order valence-electron chi connectivity index (χ3n) is 5.85. The molecule has 180 valence electrons. The normalized spacial score (nSPS) is 11.7. The molecule has 7 nitrogen and oxygen atoms in total. The molecule has 0 radical (unpaired) electrons. The van der Waals surface area contributed by atoms with E-state index in [1.165, 1.54) is 11.1 Å². The summed E-state index contributed by atoms with van der Waals surface area (Å²) in [6.45, 7) is 11.5. The summed E-state index contributed by atoms with van der Waals surface area (Å²) in [5.74, 6) is -0.522. The zero-order chi connectivity index (χ0) is 25.2. The lowest BCUT2D eigenvalue weighted by molar-refractivity contribution is -0.119. The van der Waals surface area contributed by atoms with Crippen LogP contribution in [0.25, 0.3) is 5.69 Å².